The minimum Gasteiger partial charge on any atom is -0.406 e. The van der Waals surface area contributed by atoms with Gasteiger partial charge in [0.05, 0.1) is 4.90 Å². The third-order valence-electron chi connectivity index (χ3n) is 4.80. The number of carbonyl (C=O) groups is 1. The van der Waals surface area contributed by atoms with Crippen LogP contribution < -0.4 is 10.1 Å². The Labute approximate surface area is 182 Å². The van der Waals surface area contributed by atoms with Crippen LogP contribution in [0.5, 0.6) is 5.75 Å². The van der Waals surface area contributed by atoms with E-state index in [0.29, 0.717) is 13.0 Å². The zero-order chi connectivity index (χ0) is 23.4. The van der Waals surface area contributed by atoms with Gasteiger partial charge in [-0.2, -0.15) is 4.31 Å². The highest BCUT2D eigenvalue weighted by atomic mass is 32.2. The Hall–Kier alpha value is -2.86. The van der Waals surface area contributed by atoms with Gasteiger partial charge in [-0.1, -0.05) is 12.1 Å². The van der Waals surface area contributed by atoms with E-state index in [2.05, 4.69) is 10.1 Å². The molecule has 2 aromatic carbocycles. The number of halogens is 4. The Bertz CT molecular complexity index is 1040. The number of rotatable bonds is 6. The monoisotopic (exact) mass is 475 g/mol. The third kappa shape index (κ3) is 6.33. The molecule has 0 bridgehead atoms. The molecule has 2 aromatic rings. The van der Waals surface area contributed by atoms with Crippen LogP contribution in [0.4, 0.5) is 22.4 Å². The SMILES string of the molecule is O=C(NCCc1cccc(F)c1)N1CCN(S(=O)(=O)c2ccc(OC(F)(F)F)cc2)CC1. The van der Waals surface area contributed by atoms with Crippen molar-refractivity contribution in [1.29, 1.82) is 0 Å². The number of benzene rings is 2. The van der Waals surface area contributed by atoms with E-state index in [1.54, 1.807) is 12.1 Å². The fourth-order valence-electron chi connectivity index (χ4n) is 3.21. The molecule has 2 amide bonds. The number of nitrogens with zero attached hydrogens (tertiary/aromatic N) is 2. The fraction of sp³-hybridized carbons (Fsp3) is 0.350. The van der Waals surface area contributed by atoms with Gasteiger partial charge in [-0.3, -0.25) is 0 Å². The van der Waals surface area contributed by atoms with Gasteiger partial charge < -0.3 is 15.0 Å². The van der Waals surface area contributed by atoms with Crippen LogP contribution in [0.3, 0.4) is 0 Å². The van der Waals surface area contributed by atoms with Crippen LogP contribution in [0.15, 0.2) is 53.4 Å². The molecule has 0 saturated carbocycles. The summed E-state index contributed by atoms with van der Waals surface area (Å²) >= 11 is 0. The van der Waals surface area contributed by atoms with E-state index in [1.807, 2.05) is 0 Å². The zero-order valence-corrected chi connectivity index (χ0v) is 17.6. The van der Waals surface area contributed by atoms with E-state index in [9.17, 15) is 30.8 Å². The van der Waals surface area contributed by atoms with Gasteiger partial charge in [-0.25, -0.2) is 17.6 Å². The Morgan fingerprint density at radius 1 is 1.03 bits per heavy atom. The standard InChI is InChI=1S/C20H21F4N3O4S/c21-16-3-1-2-15(14-16)8-9-25-19(28)26-10-12-27(13-11-26)32(29,30)18-6-4-17(5-7-18)31-20(22,23)24/h1-7,14H,8-13H2,(H,25,28). The summed E-state index contributed by atoms with van der Waals surface area (Å²) < 4.78 is 80.3. The molecular formula is C20H21F4N3O4S. The van der Waals surface area contributed by atoms with Gasteiger partial charge in [0.15, 0.2) is 0 Å². The predicted molar refractivity (Wildman–Crippen MR) is 107 cm³/mol. The lowest BCUT2D eigenvalue weighted by Crippen LogP contribution is -2.53. The van der Waals surface area contributed by atoms with Crippen molar-refractivity contribution in [1.82, 2.24) is 14.5 Å². The van der Waals surface area contributed by atoms with Crippen molar-refractivity contribution in [3.63, 3.8) is 0 Å². The average molecular weight is 475 g/mol. The molecule has 0 spiro atoms. The first kappa shape index (κ1) is 23.8. The van der Waals surface area contributed by atoms with Crippen molar-refractivity contribution >= 4 is 16.1 Å². The molecule has 1 aliphatic heterocycles. The van der Waals surface area contributed by atoms with E-state index in [-0.39, 0.29) is 42.9 Å². The molecule has 1 fully saturated rings. The van der Waals surface area contributed by atoms with Crippen molar-refractivity contribution in [2.24, 2.45) is 0 Å². The Balaban J connectivity index is 1.50. The van der Waals surface area contributed by atoms with E-state index < -0.39 is 22.1 Å². The van der Waals surface area contributed by atoms with Crippen LogP contribution in [0.1, 0.15) is 5.56 Å². The minimum absolute atomic E-state index is 0.0421. The second kappa shape index (κ2) is 9.74. The third-order valence-corrected chi connectivity index (χ3v) is 6.71. The molecule has 32 heavy (non-hydrogen) atoms. The number of ether oxygens (including phenoxy) is 1. The predicted octanol–water partition coefficient (Wildman–Crippen LogP) is 2.98. The Kier molecular flexibility index (Phi) is 7.24. The molecule has 0 aromatic heterocycles. The summed E-state index contributed by atoms with van der Waals surface area (Å²) in [6.07, 6.45) is -4.42. The molecular weight excluding hydrogens is 454 g/mol. The van der Waals surface area contributed by atoms with Crippen molar-refractivity contribution in [3.8, 4) is 5.75 Å². The molecule has 174 valence electrons. The molecule has 3 rings (SSSR count). The van der Waals surface area contributed by atoms with Gasteiger partial charge in [0.2, 0.25) is 10.0 Å². The van der Waals surface area contributed by atoms with E-state index in [0.717, 1.165) is 29.8 Å². The van der Waals surface area contributed by atoms with Crippen LogP contribution in [-0.4, -0.2) is 62.7 Å². The molecule has 0 aliphatic carbocycles. The summed E-state index contributed by atoms with van der Waals surface area (Å²) in [5.41, 5.74) is 0.743. The number of hydrogen-bond acceptors (Lipinski definition) is 4. The van der Waals surface area contributed by atoms with Crippen molar-refractivity contribution < 1.29 is 35.5 Å². The molecule has 7 nitrogen and oxygen atoms in total. The number of nitrogens with one attached hydrogen (secondary N) is 1. The summed E-state index contributed by atoms with van der Waals surface area (Å²) in [5.74, 6) is -0.871. The number of sulfonamides is 1. The molecule has 12 heteroatoms. The lowest BCUT2D eigenvalue weighted by Gasteiger charge is -2.34. The molecule has 1 N–H and O–H groups in total. The fourth-order valence-corrected chi connectivity index (χ4v) is 4.63. The van der Waals surface area contributed by atoms with E-state index in [4.69, 9.17) is 0 Å². The molecule has 1 aliphatic rings. The second-order valence-corrected chi connectivity index (χ2v) is 8.96. The minimum atomic E-state index is -4.87. The van der Waals surface area contributed by atoms with Crippen LogP contribution in [0.25, 0.3) is 0 Å². The number of hydrogen-bond donors (Lipinski definition) is 1. The molecule has 1 saturated heterocycles. The summed E-state index contributed by atoms with van der Waals surface area (Å²) in [7, 11) is -3.93. The van der Waals surface area contributed by atoms with E-state index in [1.165, 1.54) is 21.3 Å². The lowest BCUT2D eigenvalue weighted by molar-refractivity contribution is -0.274. The highest BCUT2D eigenvalue weighted by molar-refractivity contribution is 7.89. The van der Waals surface area contributed by atoms with Gasteiger partial charge in [-0.05, 0) is 48.4 Å². The van der Waals surface area contributed by atoms with Gasteiger partial charge in [0.1, 0.15) is 11.6 Å². The Morgan fingerprint density at radius 2 is 1.69 bits per heavy atom. The molecule has 0 atom stereocenters. The second-order valence-electron chi connectivity index (χ2n) is 7.02. The first-order valence-corrected chi connectivity index (χ1v) is 11.1. The quantitative estimate of drug-likeness (QED) is 0.652. The average Bonchev–Trinajstić information content (AvgIpc) is 2.73. The number of alkyl halides is 3. The summed E-state index contributed by atoms with van der Waals surface area (Å²) in [6, 6.07) is 9.66. The largest absolute Gasteiger partial charge is 0.573 e. The van der Waals surface area contributed by atoms with Gasteiger partial charge in [0.25, 0.3) is 0 Å². The molecule has 1 heterocycles. The van der Waals surface area contributed by atoms with Crippen molar-refractivity contribution in [2.45, 2.75) is 17.7 Å². The smallest absolute Gasteiger partial charge is 0.406 e. The normalized spacial score (nSPS) is 15.4. The van der Waals surface area contributed by atoms with Crippen molar-refractivity contribution in [2.75, 3.05) is 32.7 Å². The van der Waals surface area contributed by atoms with Crippen LogP contribution in [-0.2, 0) is 16.4 Å². The van der Waals surface area contributed by atoms with Crippen LogP contribution in [0.2, 0.25) is 0 Å². The first-order chi connectivity index (χ1) is 15.0. The molecule has 0 unspecified atom stereocenters. The topological polar surface area (TPSA) is 79.0 Å². The first-order valence-electron chi connectivity index (χ1n) is 9.68. The number of piperazine rings is 1. The lowest BCUT2D eigenvalue weighted by atomic mass is 10.1. The summed E-state index contributed by atoms with van der Waals surface area (Å²) in [5, 5.41) is 2.72. The number of carbonyl (C=O) groups excluding carboxylic acids is 1. The van der Waals surface area contributed by atoms with Gasteiger partial charge in [-0.15, -0.1) is 13.2 Å². The summed E-state index contributed by atoms with van der Waals surface area (Å²) in [6.45, 7) is 0.689. The highest BCUT2D eigenvalue weighted by Gasteiger charge is 2.32. The Morgan fingerprint density at radius 3 is 2.28 bits per heavy atom. The van der Waals surface area contributed by atoms with Gasteiger partial charge in [0, 0.05) is 32.7 Å². The van der Waals surface area contributed by atoms with E-state index >= 15 is 0 Å². The number of amides is 2. The molecule has 0 radical (unpaired) electrons. The maximum atomic E-state index is 13.2. The van der Waals surface area contributed by atoms with Gasteiger partial charge >= 0.3 is 12.4 Å². The zero-order valence-electron chi connectivity index (χ0n) is 16.8. The summed E-state index contributed by atoms with van der Waals surface area (Å²) in [4.78, 5) is 13.6. The maximum Gasteiger partial charge on any atom is 0.573 e. The van der Waals surface area contributed by atoms with Crippen LogP contribution >= 0.6 is 0 Å². The number of urea groups is 1. The van der Waals surface area contributed by atoms with Crippen molar-refractivity contribution in [3.05, 3.63) is 59.9 Å². The maximum absolute atomic E-state index is 13.2. The highest BCUT2D eigenvalue weighted by Crippen LogP contribution is 2.25. The van der Waals surface area contributed by atoms with Crippen LogP contribution in [0, 0.1) is 5.82 Å².